The van der Waals surface area contributed by atoms with E-state index in [2.05, 4.69) is 24.0 Å². The molecule has 0 aliphatic carbocycles. The minimum absolute atomic E-state index is 0.626. The Hall–Kier alpha value is -0.380. The first-order valence-electron chi connectivity index (χ1n) is 6.08. The van der Waals surface area contributed by atoms with Gasteiger partial charge in [0.05, 0.1) is 6.61 Å². The summed E-state index contributed by atoms with van der Waals surface area (Å²) in [5.41, 5.74) is 0. The predicted molar refractivity (Wildman–Crippen MR) is 69.0 cm³/mol. The summed E-state index contributed by atoms with van der Waals surface area (Å²) in [5, 5.41) is 0. The summed E-state index contributed by atoms with van der Waals surface area (Å²) in [5.74, 6) is 0. The van der Waals surface area contributed by atoms with E-state index in [1.165, 1.54) is 35.6 Å². The first-order valence-corrected chi connectivity index (χ1v) is 6.89. The summed E-state index contributed by atoms with van der Waals surface area (Å²) in [6.07, 6.45) is 3.98. The van der Waals surface area contributed by atoms with Crippen LogP contribution in [0, 0.1) is 6.92 Å². The van der Waals surface area contributed by atoms with Crippen LogP contribution in [0.3, 0.4) is 0 Å². The maximum atomic E-state index is 5.32. The van der Waals surface area contributed by atoms with Crippen molar-refractivity contribution in [3.63, 3.8) is 0 Å². The van der Waals surface area contributed by atoms with Crippen LogP contribution in [-0.4, -0.2) is 31.2 Å². The Balaban J connectivity index is 1.95. The molecule has 1 aromatic heterocycles. The lowest BCUT2D eigenvalue weighted by atomic mass is 10.0. The van der Waals surface area contributed by atoms with Crippen LogP contribution in [0.5, 0.6) is 0 Å². The molecule has 1 atom stereocenters. The van der Waals surface area contributed by atoms with Crippen LogP contribution in [0.4, 0.5) is 0 Å². The lowest BCUT2D eigenvalue weighted by molar-refractivity contribution is 0.0607. The first-order chi connectivity index (χ1) is 7.79. The van der Waals surface area contributed by atoms with E-state index in [0.717, 1.165) is 13.2 Å². The van der Waals surface area contributed by atoms with Crippen molar-refractivity contribution in [2.45, 2.75) is 38.8 Å². The molecule has 0 N–H and O–H groups in total. The number of likely N-dealkylation sites (tertiary alicyclic amines) is 1. The van der Waals surface area contributed by atoms with Crippen LogP contribution in [0.15, 0.2) is 12.1 Å². The van der Waals surface area contributed by atoms with Crippen LogP contribution in [-0.2, 0) is 11.3 Å². The number of thiophene rings is 1. The number of piperidine rings is 1. The summed E-state index contributed by atoms with van der Waals surface area (Å²) in [6.45, 7) is 5.39. The van der Waals surface area contributed by atoms with Gasteiger partial charge in [-0.3, -0.25) is 4.90 Å². The number of rotatable bonds is 4. The van der Waals surface area contributed by atoms with Crippen molar-refractivity contribution in [1.82, 2.24) is 4.90 Å². The van der Waals surface area contributed by atoms with E-state index in [1.54, 1.807) is 0 Å². The van der Waals surface area contributed by atoms with Gasteiger partial charge in [0.25, 0.3) is 0 Å². The van der Waals surface area contributed by atoms with Gasteiger partial charge >= 0.3 is 0 Å². The van der Waals surface area contributed by atoms with E-state index < -0.39 is 0 Å². The zero-order valence-corrected chi connectivity index (χ0v) is 11.1. The Morgan fingerprint density at radius 3 is 3.00 bits per heavy atom. The Labute approximate surface area is 102 Å². The van der Waals surface area contributed by atoms with E-state index in [-0.39, 0.29) is 0 Å². The van der Waals surface area contributed by atoms with E-state index in [4.69, 9.17) is 4.74 Å². The maximum Gasteiger partial charge on any atom is 0.0618 e. The fourth-order valence-corrected chi connectivity index (χ4v) is 3.34. The number of ether oxygens (including phenoxy) is 1. The second-order valence-corrected chi connectivity index (χ2v) is 5.96. The molecular formula is C13H21NOS. The van der Waals surface area contributed by atoms with Gasteiger partial charge in [0.2, 0.25) is 0 Å². The smallest absolute Gasteiger partial charge is 0.0618 e. The molecule has 0 saturated carbocycles. The fourth-order valence-electron chi connectivity index (χ4n) is 2.42. The standard InChI is InChI=1S/C13H21NOS/c1-11-6-7-13(16-11)9-14-8-4-3-5-12(14)10-15-2/h6-7,12H,3-5,8-10H2,1-2H3/t12-/m0/s1. The topological polar surface area (TPSA) is 12.5 Å². The second kappa shape index (κ2) is 5.80. The van der Waals surface area contributed by atoms with Crippen molar-refractivity contribution in [2.75, 3.05) is 20.3 Å². The quantitative estimate of drug-likeness (QED) is 0.800. The van der Waals surface area contributed by atoms with Gasteiger partial charge in [0.1, 0.15) is 0 Å². The number of hydrogen-bond donors (Lipinski definition) is 0. The molecule has 0 radical (unpaired) electrons. The molecular weight excluding hydrogens is 218 g/mol. The van der Waals surface area contributed by atoms with Crippen LogP contribution in [0.1, 0.15) is 29.0 Å². The van der Waals surface area contributed by atoms with Gasteiger partial charge in [-0.2, -0.15) is 0 Å². The summed E-state index contributed by atoms with van der Waals surface area (Å²) in [7, 11) is 1.81. The number of methoxy groups -OCH3 is 1. The largest absolute Gasteiger partial charge is 0.383 e. The zero-order chi connectivity index (χ0) is 11.4. The summed E-state index contributed by atoms with van der Waals surface area (Å²) in [4.78, 5) is 5.48. The maximum absolute atomic E-state index is 5.32. The normalized spacial score (nSPS) is 22.5. The van der Waals surface area contributed by atoms with Crippen LogP contribution < -0.4 is 0 Å². The molecule has 0 amide bonds. The average Bonchev–Trinajstić information content (AvgIpc) is 2.67. The molecule has 2 heterocycles. The van der Waals surface area contributed by atoms with Crippen molar-refractivity contribution in [1.29, 1.82) is 0 Å². The summed E-state index contributed by atoms with van der Waals surface area (Å²) in [6, 6.07) is 5.11. The van der Waals surface area contributed by atoms with Crippen molar-refractivity contribution in [3.05, 3.63) is 21.9 Å². The zero-order valence-electron chi connectivity index (χ0n) is 10.2. The van der Waals surface area contributed by atoms with Crippen molar-refractivity contribution >= 4 is 11.3 Å². The van der Waals surface area contributed by atoms with E-state index in [1.807, 2.05) is 18.4 Å². The molecule has 0 unspecified atom stereocenters. The molecule has 1 fully saturated rings. The summed E-state index contributed by atoms with van der Waals surface area (Å²) >= 11 is 1.92. The molecule has 2 nitrogen and oxygen atoms in total. The molecule has 0 aromatic carbocycles. The Morgan fingerprint density at radius 2 is 2.31 bits per heavy atom. The number of hydrogen-bond acceptors (Lipinski definition) is 3. The fraction of sp³-hybridized carbons (Fsp3) is 0.692. The Bertz CT molecular complexity index is 321. The van der Waals surface area contributed by atoms with Crippen LogP contribution >= 0.6 is 11.3 Å². The highest BCUT2D eigenvalue weighted by molar-refractivity contribution is 7.11. The number of nitrogens with zero attached hydrogens (tertiary/aromatic N) is 1. The highest BCUT2D eigenvalue weighted by Crippen LogP contribution is 2.23. The molecule has 1 aromatic rings. The third-order valence-electron chi connectivity index (χ3n) is 3.26. The average molecular weight is 239 g/mol. The molecule has 1 saturated heterocycles. The van der Waals surface area contributed by atoms with Gasteiger partial charge in [-0.25, -0.2) is 0 Å². The highest BCUT2D eigenvalue weighted by Gasteiger charge is 2.22. The molecule has 2 rings (SSSR count). The van der Waals surface area contributed by atoms with E-state index >= 15 is 0 Å². The minimum Gasteiger partial charge on any atom is -0.383 e. The van der Waals surface area contributed by atoms with Gasteiger partial charge in [-0.1, -0.05) is 6.42 Å². The highest BCUT2D eigenvalue weighted by atomic mass is 32.1. The first kappa shape index (κ1) is 12.1. The van der Waals surface area contributed by atoms with Crippen LogP contribution in [0.25, 0.3) is 0 Å². The monoisotopic (exact) mass is 239 g/mol. The van der Waals surface area contributed by atoms with E-state index in [9.17, 15) is 0 Å². The molecule has 1 aliphatic rings. The van der Waals surface area contributed by atoms with Gasteiger partial charge in [0, 0.05) is 29.5 Å². The minimum atomic E-state index is 0.626. The van der Waals surface area contributed by atoms with Crippen molar-refractivity contribution in [3.8, 4) is 0 Å². The SMILES string of the molecule is COC[C@@H]1CCCCN1Cc1ccc(C)s1. The molecule has 16 heavy (non-hydrogen) atoms. The van der Waals surface area contributed by atoms with Gasteiger partial charge < -0.3 is 4.74 Å². The van der Waals surface area contributed by atoms with Crippen molar-refractivity contribution in [2.24, 2.45) is 0 Å². The third kappa shape index (κ3) is 3.06. The molecule has 1 aliphatic heterocycles. The van der Waals surface area contributed by atoms with Gasteiger partial charge in [0.15, 0.2) is 0 Å². The Kier molecular flexibility index (Phi) is 4.38. The molecule has 0 spiro atoms. The lowest BCUT2D eigenvalue weighted by Crippen LogP contribution is -2.41. The molecule has 0 bridgehead atoms. The number of aryl methyl sites for hydroxylation is 1. The Morgan fingerprint density at radius 1 is 1.44 bits per heavy atom. The predicted octanol–water partition coefficient (Wildman–Crippen LogP) is 3.06. The molecule has 3 heteroatoms. The van der Waals surface area contributed by atoms with Gasteiger partial charge in [-0.05, 0) is 38.4 Å². The molecule has 90 valence electrons. The lowest BCUT2D eigenvalue weighted by Gasteiger charge is -2.34. The second-order valence-electron chi connectivity index (χ2n) is 4.59. The summed E-state index contributed by atoms with van der Waals surface area (Å²) < 4.78 is 5.32. The van der Waals surface area contributed by atoms with Gasteiger partial charge in [-0.15, -0.1) is 11.3 Å². The van der Waals surface area contributed by atoms with Crippen molar-refractivity contribution < 1.29 is 4.74 Å². The third-order valence-corrected chi connectivity index (χ3v) is 4.25. The van der Waals surface area contributed by atoms with E-state index in [0.29, 0.717) is 6.04 Å². The van der Waals surface area contributed by atoms with Crippen LogP contribution in [0.2, 0.25) is 0 Å².